The fourth-order valence-corrected chi connectivity index (χ4v) is 2.23. The van der Waals surface area contributed by atoms with Gasteiger partial charge in [0.05, 0.1) is 0 Å². The van der Waals surface area contributed by atoms with Gasteiger partial charge in [-0.15, -0.1) is 0 Å². The summed E-state index contributed by atoms with van der Waals surface area (Å²) in [5.74, 6) is 0.681. The molecule has 0 aromatic carbocycles. The van der Waals surface area contributed by atoms with E-state index in [-0.39, 0.29) is 0 Å². The van der Waals surface area contributed by atoms with Gasteiger partial charge in [-0.1, -0.05) is 27.2 Å². The second-order valence-electron chi connectivity index (χ2n) is 3.08. The van der Waals surface area contributed by atoms with Crippen molar-refractivity contribution in [3.05, 3.63) is 6.04 Å². The molecule has 0 bridgehead atoms. The van der Waals surface area contributed by atoms with E-state index in [0.717, 1.165) is 13.0 Å². The lowest BCUT2D eigenvalue weighted by Gasteiger charge is -2.11. The summed E-state index contributed by atoms with van der Waals surface area (Å²) in [5.41, 5.74) is 0. The zero-order valence-corrected chi connectivity index (χ0v) is 8.71. The van der Waals surface area contributed by atoms with Crippen LogP contribution in [0.5, 0.6) is 0 Å². The molecule has 0 heterocycles. The average molecular weight is 159 g/mol. The van der Waals surface area contributed by atoms with E-state index in [2.05, 4.69) is 33.4 Å². The van der Waals surface area contributed by atoms with E-state index in [1.807, 2.05) is 0 Å². The first-order chi connectivity index (χ1) is 4.66. The SMILES string of the molecule is CC[CH][SiH](C)OCC(C)C. The smallest absolute Gasteiger partial charge is 0.177 e. The van der Waals surface area contributed by atoms with E-state index in [1.165, 1.54) is 0 Å². The fourth-order valence-electron chi connectivity index (χ4n) is 0.744. The zero-order valence-electron chi connectivity index (χ0n) is 7.55. The summed E-state index contributed by atoms with van der Waals surface area (Å²) in [6.07, 6.45) is 1.16. The molecule has 0 aliphatic carbocycles. The van der Waals surface area contributed by atoms with Crippen LogP contribution >= 0.6 is 0 Å². The second kappa shape index (κ2) is 5.92. The van der Waals surface area contributed by atoms with Gasteiger partial charge in [-0.2, -0.15) is 0 Å². The zero-order chi connectivity index (χ0) is 7.98. The minimum absolute atomic E-state index is 0.681. The molecule has 10 heavy (non-hydrogen) atoms. The van der Waals surface area contributed by atoms with Crippen molar-refractivity contribution in [3.8, 4) is 0 Å². The first-order valence-corrected chi connectivity index (χ1v) is 6.41. The molecule has 1 nitrogen and oxygen atoms in total. The highest BCUT2D eigenvalue weighted by molar-refractivity contribution is 6.54. The Hall–Kier alpha value is 0.177. The largest absolute Gasteiger partial charge is 0.420 e. The standard InChI is InChI=1S/C8H19OSi/c1-5-6-10(4)9-7-8(2)3/h6,8,10H,5,7H2,1-4H3. The van der Waals surface area contributed by atoms with Gasteiger partial charge in [-0.25, -0.2) is 0 Å². The first-order valence-electron chi connectivity index (χ1n) is 4.11. The van der Waals surface area contributed by atoms with E-state index >= 15 is 0 Å². The van der Waals surface area contributed by atoms with Gasteiger partial charge in [0.25, 0.3) is 0 Å². The molecule has 0 aliphatic rings. The summed E-state index contributed by atoms with van der Waals surface area (Å²) < 4.78 is 5.63. The van der Waals surface area contributed by atoms with E-state index in [9.17, 15) is 0 Å². The van der Waals surface area contributed by atoms with E-state index in [1.54, 1.807) is 0 Å². The minimum Gasteiger partial charge on any atom is -0.420 e. The van der Waals surface area contributed by atoms with Crippen LogP contribution < -0.4 is 0 Å². The minimum atomic E-state index is -0.883. The van der Waals surface area contributed by atoms with Crippen molar-refractivity contribution >= 4 is 9.04 Å². The molecule has 0 saturated heterocycles. The first kappa shape index (κ1) is 10.2. The summed E-state index contributed by atoms with van der Waals surface area (Å²) in [7, 11) is -0.883. The molecule has 0 aliphatic heterocycles. The summed E-state index contributed by atoms with van der Waals surface area (Å²) in [5, 5.41) is 0. The molecule has 61 valence electrons. The van der Waals surface area contributed by atoms with Gasteiger partial charge in [0.1, 0.15) is 0 Å². The molecule has 1 radical (unpaired) electrons. The third-order valence-electron chi connectivity index (χ3n) is 1.26. The van der Waals surface area contributed by atoms with Crippen molar-refractivity contribution in [2.24, 2.45) is 5.92 Å². The molecule has 1 unspecified atom stereocenters. The van der Waals surface area contributed by atoms with Gasteiger partial charge >= 0.3 is 0 Å². The summed E-state index contributed by atoms with van der Waals surface area (Å²) in [4.78, 5) is 0. The molecule has 0 amide bonds. The highest BCUT2D eigenvalue weighted by Crippen LogP contribution is 1.99. The highest BCUT2D eigenvalue weighted by Gasteiger charge is 2.03. The van der Waals surface area contributed by atoms with Crippen LogP contribution in [0.25, 0.3) is 0 Å². The van der Waals surface area contributed by atoms with E-state index < -0.39 is 9.04 Å². The van der Waals surface area contributed by atoms with Crippen molar-refractivity contribution in [1.82, 2.24) is 0 Å². The van der Waals surface area contributed by atoms with E-state index in [0.29, 0.717) is 5.92 Å². The lowest BCUT2D eigenvalue weighted by Crippen LogP contribution is -2.17. The lowest BCUT2D eigenvalue weighted by molar-refractivity contribution is 0.276. The van der Waals surface area contributed by atoms with Gasteiger partial charge in [-0.3, -0.25) is 0 Å². The molecule has 0 rings (SSSR count). The highest BCUT2D eigenvalue weighted by atomic mass is 28.3. The Kier molecular flexibility index (Phi) is 6.03. The van der Waals surface area contributed by atoms with Crippen LogP contribution in [0, 0.1) is 12.0 Å². The van der Waals surface area contributed by atoms with Crippen molar-refractivity contribution in [1.29, 1.82) is 0 Å². The van der Waals surface area contributed by atoms with Crippen molar-refractivity contribution in [3.63, 3.8) is 0 Å². The fraction of sp³-hybridized carbons (Fsp3) is 0.875. The van der Waals surface area contributed by atoms with Gasteiger partial charge in [0.2, 0.25) is 0 Å². The molecule has 0 aromatic rings. The van der Waals surface area contributed by atoms with Gasteiger partial charge < -0.3 is 4.43 Å². The maximum absolute atomic E-state index is 5.63. The third-order valence-corrected chi connectivity index (χ3v) is 3.11. The van der Waals surface area contributed by atoms with Gasteiger partial charge in [0.15, 0.2) is 9.04 Å². The number of rotatable bonds is 5. The predicted molar refractivity (Wildman–Crippen MR) is 48.4 cm³/mol. The van der Waals surface area contributed by atoms with Crippen LogP contribution in [-0.4, -0.2) is 15.6 Å². The Bertz CT molecular complexity index is 73.7. The predicted octanol–water partition coefficient (Wildman–Crippen LogP) is 2.17. The number of hydrogen-bond acceptors (Lipinski definition) is 1. The Morgan fingerprint density at radius 1 is 1.50 bits per heavy atom. The maximum atomic E-state index is 5.63. The monoisotopic (exact) mass is 159 g/mol. The van der Waals surface area contributed by atoms with Crippen molar-refractivity contribution in [2.75, 3.05) is 6.61 Å². The summed E-state index contributed by atoms with van der Waals surface area (Å²) in [6, 6.07) is 2.32. The summed E-state index contributed by atoms with van der Waals surface area (Å²) >= 11 is 0. The van der Waals surface area contributed by atoms with Crippen LogP contribution in [0.1, 0.15) is 27.2 Å². The molecule has 0 N–H and O–H groups in total. The Morgan fingerprint density at radius 3 is 2.50 bits per heavy atom. The van der Waals surface area contributed by atoms with Gasteiger partial charge in [-0.05, 0) is 18.5 Å². The average Bonchev–Trinajstić information content (AvgIpc) is 1.85. The van der Waals surface area contributed by atoms with Crippen LogP contribution in [0.15, 0.2) is 0 Å². The third kappa shape index (κ3) is 6.30. The molecular formula is C8H19OSi. The maximum Gasteiger partial charge on any atom is 0.177 e. The molecule has 0 aromatic heterocycles. The normalized spacial score (nSPS) is 14.1. The molecular weight excluding hydrogens is 140 g/mol. The molecule has 2 heteroatoms. The Balaban J connectivity index is 3.12. The van der Waals surface area contributed by atoms with Crippen LogP contribution in [0.4, 0.5) is 0 Å². The van der Waals surface area contributed by atoms with Crippen molar-refractivity contribution in [2.45, 2.75) is 33.7 Å². The van der Waals surface area contributed by atoms with Crippen molar-refractivity contribution < 1.29 is 4.43 Å². The summed E-state index contributed by atoms with van der Waals surface area (Å²) in [6.45, 7) is 9.71. The Labute approximate surface area is 66.5 Å². The molecule has 0 fully saturated rings. The molecule has 0 saturated carbocycles. The Morgan fingerprint density at radius 2 is 2.10 bits per heavy atom. The van der Waals surface area contributed by atoms with Crippen LogP contribution in [0.2, 0.25) is 6.55 Å². The quantitative estimate of drug-likeness (QED) is 0.559. The van der Waals surface area contributed by atoms with Crippen LogP contribution in [0.3, 0.4) is 0 Å². The van der Waals surface area contributed by atoms with E-state index in [4.69, 9.17) is 4.43 Å². The molecule has 1 atom stereocenters. The second-order valence-corrected chi connectivity index (χ2v) is 5.29. The number of hydrogen-bond donors (Lipinski definition) is 0. The van der Waals surface area contributed by atoms with Crippen LogP contribution in [-0.2, 0) is 4.43 Å². The topological polar surface area (TPSA) is 9.23 Å². The molecule has 0 spiro atoms. The lowest BCUT2D eigenvalue weighted by atomic mass is 10.2. The van der Waals surface area contributed by atoms with Gasteiger partial charge in [0, 0.05) is 6.61 Å².